The van der Waals surface area contributed by atoms with Gasteiger partial charge in [-0.1, -0.05) is 6.92 Å². The van der Waals surface area contributed by atoms with E-state index in [-0.39, 0.29) is 30.1 Å². The summed E-state index contributed by atoms with van der Waals surface area (Å²) < 4.78 is 15.7. The maximum atomic E-state index is 10.8. The van der Waals surface area contributed by atoms with Crippen molar-refractivity contribution in [2.24, 2.45) is 29.2 Å². The molecule has 0 amide bonds. The summed E-state index contributed by atoms with van der Waals surface area (Å²) >= 11 is 0. The van der Waals surface area contributed by atoms with Gasteiger partial charge in [0.1, 0.15) is 0 Å². The largest absolute Gasteiger partial charge is 0.390 e. The highest BCUT2D eigenvalue weighted by Gasteiger charge is 2.34. The van der Waals surface area contributed by atoms with Gasteiger partial charge in [0.2, 0.25) is 0 Å². The van der Waals surface area contributed by atoms with E-state index in [0.717, 1.165) is 76.9 Å². The fraction of sp³-hybridized carbons (Fsp3) is 0.959. The molecule has 0 saturated carbocycles. The zero-order valence-electron chi connectivity index (χ0n) is 44.8. The van der Waals surface area contributed by atoms with Crippen LogP contribution in [0.2, 0.25) is 0 Å². The van der Waals surface area contributed by atoms with Gasteiger partial charge in [-0.05, 0) is 135 Å². The van der Waals surface area contributed by atoms with Gasteiger partial charge < -0.3 is 40.9 Å². The SMILES string of the molecule is CC(C)N1CC(N)C(C#N)C1.CC(C)N1CC(N)C1.CC(C)N1CC(O)C(C#N)C1.CC(C)N1CC(O)C1.CC(C)N1CC(OP(C)(=O)O)C1.CC(C)N1CCC1.CC1CCN(C(C)C)C1. The molecule has 7 fully saturated rings. The van der Waals surface area contributed by atoms with Crippen molar-refractivity contribution < 1.29 is 24.2 Å². The molecule has 7 aliphatic heterocycles. The molecule has 0 radical (unpaired) electrons. The molecule has 7 rings (SSSR count). The Morgan fingerprint density at radius 1 is 0.545 bits per heavy atom. The van der Waals surface area contributed by atoms with Crippen molar-refractivity contribution >= 4 is 7.60 Å². The summed E-state index contributed by atoms with van der Waals surface area (Å²) in [5, 5.41) is 35.4. The third kappa shape index (κ3) is 24.5. The lowest BCUT2D eigenvalue weighted by atomic mass is 10.1. The van der Waals surface area contributed by atoms with Crippen LogP contribution in [0, 0.1) is 40.4 Å². The molecule has 17 heteroatoms. The maximum Gasteiger partial charge on any atom is 0.325 e. The molecule has 0 spiro atoms. The van der Waals surface area contributed by atoms with Crippen LogP contribution in [-0.4, -0.2) is 220 Å². The molecule has 388 valence electrons. The summed E-state index contributed by atoms with van der Waals surface area (Å²) in [6, 6.07) is 9.14. The average molecular weight is 956 g/mol. The zero-order valence-corrected chi connectivity index (χ0v) is 45.7. The Morgan fingerprint density at radius 2 is 0.939 bits per heavy atom. The third-order valence-corrected chi connectivity index (χ3v) is 14.2. The minimum atomic E-state index is -3.27. The van der Waals surface area contributed by atoms with Crippen LogP contribution in [0.25, 0.3) is 0 Å². The molecule has 16 nitrogen and oxygen atoms in total. The van der Waals surface area contributed by atoms with E-state index < -0.39 is 13.7 Å². The first-order valence-electron chi connectivity index (χ1n) is 25.4. The van der Waals surface area contributed by atoms with E-state index >= 15 is 0 Å². The molecule has 66 heavy (non-hydrogen) atoms. The molecule has 0 aromatic heterocycles. The van der Waals surface area contributed by atoms with Gasteiger partial charge in [0, 0.05) is 133 Å². The Morgan fingerprint density at radius 3 is 1.15 bits per heavy atom. The van der Waals surface area contributed by atoms with Gasteiger partial charge in [-0.3, -0.25) is 29.1 Å². The van der Waals surface area contributed by atoms with Gasteiger partial charge in [-0.2, -0.15) is 10.5 Å². The Balaban J connectivity index is 0.000000388. The lowest BCUT2D eigenvalue weighted by Gasteiger charge is -2.41. The summed E-state index contributed by atoms with van der Waals surface area (Å²) in [5.41, 5.74) is 11.3. The van der Waals surface area contributed by atoms with Crippen LogP contribution in [0.15, 0.2) is 0 Å². The first kappa shape index (κ1) is 62.7. The van der Waals surface area contributed by atoms with Crippen LogP contribution < -0.4 is 11.5 Å². The van der Waals surface area contributed by atoms with Crippen LogP contribution in [0.4, 0.5) is 0 Å². The molecule has 0 bridgehead atoms. The summed E-state index contributed by atoms with van der Waals surface area (Å²) in [4.78, 5) is 25.1. The van der Waals surface area contributed by atoms with Crippen LogP contribution >= 0.6 is 7.60 Å². The number of aliphatic hydroxyl groups excluding tert-OH is 2. The molecule has 7 aliphatic rings. The van der Waals surface area contributed by atoms with Crippen molar-refractivity contribution in [3.8, 4) is 12.1 Å². The Bertz CT molecular complexity index is 1360. The molecule has 6 atom stereocenters. The second-order valence-electron chi connectivity index (χ2n) is 21.9. The van der Waals surface area contributed by atoms with Gasteiger partial charge in [-0.25, -0.2) is 0 Å². The number of β-amino-alcohol motifs (C(OH)–C–C–N with tert-alkyl or cyclic N) is 2. The van der Waals surface area contributed by atoms with Crippen molar-refractivity contribution in [3.05, 3.63) is 0 Å². The third-order valence-electron chi connectivity index (χ3n) is 13.5. The lowest BCUT2D eigenvalue weighted by Crippen LogP contribution is -2.57. The summed E-state index contributed by atoms with van der Waals surface area (Å²) in [5.74, 6) is 0.794. The molecular formula is C49H102N11O5P. The number of aliphatic hydroxyl groups is 2. The molecule has 7 heterocycles. The smallest absolute Gasteiger partial charge is 0.325 e. The highest BCUT2D eigenvalue weighted by atomic mass is 31.2. The predicted molar refractivity (Wildman–Crippen MR) is 272 cm³/mol. The summed E-state index contributed by atoms with van der Waals surface area (Å²) in [6.45, 7) is 47.8. The number of nitriles is 2. The van der Waals surface area contributed by atoms with Crippen molar-refractivity contribution in [3.63, 3.8) is 0 Å². The minimum absolute atomic E-state index is 0.0393. The monoisotopic (exact) mass is 956 g/mol. The number of likely N-dealkylation sites (tertiary alicyclic amines) is 7. The zero-order chi connectivity index (χ0) is 50.6. The number of rotatable bonds is 9. The van der Waals surface area contributed by atoms with E-state index in [0.29, 0.717) is 42.8 Å². The maximum absolute atomic E-state index is 10.8. The van der Waals surface area contributed by atoms with Gasteiger partial charge in [0.05, 0.1) is 42.3 Å². The van der Waals surface area contributed by atoms with Crippen molar-refractivity contribution in [2.75, 3.05) is 98.3 Å². The Kier molecular flexibility index (Phi) is 29.6. The van der Waals surface area contributed by atoms with E-state index in [2.05, 4.69) is 150 Å². The highest BCUT2D eigenvalue weighted by Crippen LogP contribution is 2.40. The topological polar surface area (TPSA) is 209 Å². The van der Waals surface area contributed by atoms with Crippen molar-refractivity contribution in [1.82, 2.24) is 34.3 Å². The van der Waals surface area contributed by atoms with Gasteiger partial charge in [0.15, 0.2) is 0 Å². The fourth-order valence-corrected chi connectivity index (χ4v) is 8.88. The quantitative estimate of drug-likeness (QED) is 0.205. The fourth-order valence-electron chi connectivity index (χ4n) is 8.19. The minimum Gasteiger partial charge on any atom is -0.390 e. The van der Waals surface area contributed by atoms with Crippen LogP contribution in [-0.2, 0) is 9.09 Å². The van der Waals surface area contributed by atoms with Gasteiger partial charge in [0.25, 0.3) is 0 Å². The molecule has 7 N–H and O–H groups in total. The lowest BCUT2D eigenvalue weighted by molar-refractivity contribution is -0.0161. The first-order chi connectivity index (χ1) is 30.6. The second-order valence-corrected chi connectivity index (χ2v) is 23.7. The van der Waals surface area contributed by atoms with E-state index in [1.807, 2.05) is 0 Å². The molecule has 0 aromatic rings. The molecule has 6 unspecified atom stereocenters. The molecular weight excluding hydrogens is 854 g/mol. The van der Waals surface area contributed by atoms with Crippen LogP contribution in [0.5, 0.6) is 0 Å². The standard InChI is InChI=1S/C8H15N3.C8H14N2O.C8H17N.C7H16NO3P.C6H14N2.C6H13NO.C6H13N/c1-6(2)11-4-7(3-9)8(10)5-11;1-6(2)10-4-7(3-9)8(11)5-10;1-7(2)9-5-4-8(3)6-9;1-6(2)8-4-7(5-8)11-12(3,9)10;1-5(2)8-3-6(7)4-8;1-5(2)7-3-6(8)4-7;1-6(2)7-4-3-5-7/h6-8H,4-5,10H2,1-2H3;6-8,11H,4-5H2,1-2H3;7-8H,4-6H2,1-3H3;6-7H,4-5H2,1-3H3,(H,9,10);5-6H,3-4,7H2,1-2H3;5-6,8H,3-4H2,1-2H3;6H,3-5H2,1-2H3. The first-order valence-corrected chi connectivity index (χ1v) is 27.4. The predicted octanol–water partition coefficient (Wildman–Crippen LogP) is 4.25. The number of nitrogens with zero attached hydrogens (tertiary/aromatic N) is 9. The highest BCUT2D eigenvalue weighted by molar-refractivity contribution is 7.51. The van der Waals surface area contributed by atoms with Gasteiger partial charge in [-0.15, -0.1) is 0 Å². The van der Waals surface area contributed by atoms with E-state index in [1.54, 1.807) is 0 Å². The second kappa shape index (κ2) is 31.1. The van der Waals surface area contributed by atoms with Crippen molar-refractivity contribution in [2.45, 2.75) is 189 Å². The van der Waals surface area contributed by atoms with Crippen LogP contribution in [0.3, 0.4) is 0 Å². The molecule has 0 aromatic carbocycles. The number of hydrogen-bond donors (Lipinski definition) is 5. The van der Waals surface area contributed by atoms with Crippen LogP contribution in [0.1, 0.15) is 117 Å². The Hall–Kier alpha value is -1.31. The number of hydrogen-bond acceptors (Lipinski definition) is 15. The normalized spacial score (nSPS) is 27.8. The van der Waals surface area contributed by atoms with E-state index in [4.69, 9.17) is 36.5 Å². The van der Waals surface area contributed by atoms with Crippen molar-refractivity contribution in [1.29, 1.82) is 10.5 Å². The Labute approximate surface area is 404 Å². The van der Waals surface area contributed by atoms with E-state index in [9.17, 15) is 9.67 Å². The number of nitrogens with two attached hydrogens (primary N) is 2. The molecule has 0 aliphatic carbocycles. The molecule has 7 saturated heterocycles. The van der Waals surface area contributed by atoms with E-state index in [1.165, 1.54) is 45.7 Å². The summed E-state index contributed by atoms with van der Waals surface area (Å²) in [6.07, 6.45) is 2.28. The average Bonchev–Trinajstić information content (AvgIpc) is 3.88. The van der Waals surface area contributed by atoms with Gasteiger partial charge >= 0.3 is 7.60 Å². The summed E-state index contributed by atoms with van der Waals surface area (Å²) in [7, 11) is -3.27.